The van der Waals surface area contributed by atoms with Crippen molar-refractivity contribution in [1.82, 2.24) is 30.2 Å². The molecule has 6 rings (SSSR count). The summed E-state index contributed by atoms with van der Waals surface area (Å²) in [4.78, 5) is 45.6. The Hall–Kier alpha value is -3.96. The van der Waals surface area contributed by atoms with Crippen LogP contribution in [0.3, 0.4) is 0 Å². The minimum atomic E-state index is -0.881. The molecule has 3 N–H and O–H groups in total. The molecule has 2 saturated heterocycles. The number of fused-ring (bicyclic) bond motifs is 2. The minimum Gasteiger partial charge on any atom is -0.445 e. The summed E-state index contributed by atoms with van der Waals surface area (Å²) in [5.41, 5.74) is 2.85. The second-order valence-electron chi connectivity index (χ2n) is 11.6. The van der Waals surface area contributed by atoms with Gasteiger partial charge in [-0.05, 0) is 62.1 Å². The van der Waals surface area contributed by atoms with Crippen LogP contribution in [-0.4, -0.2) is 94.3 Å². The SMILES string of the molecule is CNC1CCN([C@]2(CC=O)C[C@H](N3CCc4ccccc4NC3=O)CCN2C(=O)OCc2ccc3[nH]ncc3c2)CC1. The zero-order chi connectivity index (χ0) is 29.1. The fourth-order valence-electron chi connectivity index (χ4n) is 6.99. The van der Waals surface area contributed by atoms with Gasteiger partial charge in [0.25, 0.3) is 0 Å². The molecule has 0 saturated carbocycles. The van der Waals surface area contributed by atoms with E-state index in [4.69, 9.17) is 4.74 Å². The molecular formula is C31H39N7O4. The number of aldehydes is 1. The molecule has 2 aromatic carbocycles. The van der Waals surface area contributed by atoms with Gasteiger partial charge in [0.2, 0.25) is 0 Å². The van der Waals surface area contributed by atoms with Crippen LogP contribution >= 0.6 is 0 Å². The molecular weight excluding hydrogens is 534 g/mol. The molecule has 4 heterocycles. The van der Waals surface area contributed by atoms with Gasteiger partial charge in [-0.3, -0.25) is 14.9 Å². The van der Waals surface area contributed by atoms with E-state index in [9.17, 15) is 14.4 Å². The van der Waals surface area contributed by atoms with E-state index in [2.05, 4.69) is 25.7 Å². The molecule has 42 heavy (non-hydrogen) atoms. The summed E-state index contributed by atoms with van der Waals surface area (Å²) < 4.78 is 5.90. The van der Waals surface area contributed by atoms with E-state index in [1.165, 1.54) is 0 Å². The number of benzene rings is 2. The average Bonchev–Trinajstić information content (AvgIpc) is 3.42. The quantitative estimate of drug-likeness (QED) is 0.368. The van der Waals surface area contributed by atoms with Crippen molar-refractivity contribution >= 4 is 35.0 Å². The Morgan fingerprint density at radius 3 is 2.79 bits per heavy atom. The first kappa shape index (κ1) is 28.2. The number of nitrogens with one attached hydrogen (secondary N) is 3. The molecule has 1 aromatic heterocycles. The van der Waals surface area contributed by atoms with E-state index < -0.39 is 11.8 Å². The Morgan fingerprint density at radius 2 is 1.98 bits per heavy atom. The maximum absolute atomic E-state index is 13.8. The summed E-state index contributed by atoms with van der Waals surface area (Å²) in [6.07, 6.45) is 6.02. The topological polar surface area (TPSA) is 123 Å². The normalized spacial score (nSPS) is 23.7. The van der Waals surface area contributed by atoms with E-state index in [1.807, 2.05) is 54.4 Å². The maximum atomic E-state index is 13.8. The van der Waals surface area contributed by atoms with Crippen LogP contribution in [0.15, 0.2) is 48.7 Å². The highest BCUT2D eigenvalue weighted by Crippen LogP contribution is 2.39. The van der Waals surface area contributed by atoms with Crippen LogP contribution in [0.5, 0.6) is 0 Å². The summed E-state index contributed by atoms with van der Waals surface area (Å²) in [6.45, 7) is 2.56. The largest absolute Gasteiger partial charge is 0.445 e. The smallest absolute Gasteiger partial charge is 0.411 e. The van der Waals surface area contributed by atoms with E-state index >= 15 is 0 Å². The second-order valence-corrected chi connectivity index (χ2v) is 11.6. The highest BCUT2D eigenvalue weighted by Gasteiger charge is 2.51. The number of amides is 3. The van der Waals surface area contributed by atoms with Gasteiger partial charge in [0.1, 0.15) is 18.6 Å². The molecule has 0 spiro atoms. The fraction of sp³-hybridized carbons (Fsp3) is 0.484. The van der Waals surface area contributed by atoms with Gasteiger partial charge in [-0.25, -0.2) is 9.59 Å². The van der Waals surface area contributed by atoms with E-state index in [1.54, 1.807) is 11.1 Å². The van der Waals surface area contributed by atoms with Gasteiger partial charge in [0, 0.05) is 62.2 Å². The third kappa shape index (κ3) is 5.46. The zero-order valence-electron chi connectivity index (χ0n) is 24.1. The number of nitrogens with zero attached hydrogens (tertiary/aromatic N) is 4. The number of hydrogen-bond donors (Lipinski definition) is 3. The Morgan fingerprint density at radius 1 is 1.14 bits per heavy atom. The molecule has 3 aliphatic heterocycles. The molecule has 3 aliphatic rings. The van der Waals surface area contributed by atoms with Crippen LogP contribution < -0.4 is 10.6 Å². The maximum Gasteiger partial charge on any atom is 0.411 e. The lowest BCUT2D eigenvalue weighted by molar-refractivity contribution is -0.127. The third-order valence-electron chi connectivity index (χ3n) is 9.32. The van der Waals surface area contributed by atoms with Gasteiger partial charge < -0.3 is 25.1 Å². The number of hydrogen-bond acceptors (Lipinski definition) is 7. The number of aromatic amines is 1. The summed E-state index contributed by atoms with van der Waals surface area (Å²) in [7, 11) is 1.97. The van der Waals surface area contributed by atoms with Crippen molar-refractivity contribution in [2.24, 2.45) is 0 Å². The molecule has 0 bridgehead atoms. The van der Waals surface area contributed by atoms with Gasteiger partial charge in [0.05, 0.1) is 11.7 Å². The third-order valence-corrected chi connectivity index (χ3v) is 9.32. The van der Waals surface area contributed by atoms with Crippen molar-refractivity contribution in [3.63, 3.8) is 0 Å². The van der Waals surface area contributed by atoms with Crippen LogP contribution in [0.1, 0.15) is 43.2 Å². The number of para-hydroxylation sites is 1. The first-order valence-electron chi connectivity index (χ1n) is 14.9. The summed E-state index contributed by atoms with van der Waals surface area (Å²) in [5, 5.41) is 14.4. The molecule has 222 valence electrons. The van der Waals surface area contributed by atoms with Gasteiger partial charge in [0.15, 0.2) is 0 Å². The van der Waals surface area contributed by atoms with Crippen molar-refractivity contribution < 1.29 is 19.1 Å². The highest BCUT2D eigenvalue weighted by atomic mass is 16.6. The molecule has 3 amide bonds. The van der Waals surface area contributed by atoms with Crippen molar-refractivity contribution in [2.45, 2.75) is 62.9 Å². The molecule has 0 radical (unpaired) electrons. The predicted molar refractivity (Wildman–Crippen MR) is 159 cm³/mol. The lowest BCUT2D eigenvalue weighted by Gasteiger charge is -2.56. The molecule has 11 nitrogen and oxygen atoms in total. The second kappa shape index (κ2) is 12.1. The minimum absolute atomic E-state index is 0.117. The molecule has 0 unspecified atom stereocenters. The molecule has 0 aliphatic carbocycles. The van der Waals surface area contributed by atoms with Crippen molar-refractivity contribution in [3.05, 3.63) is 59.8 Å². The number of carbonyl (C=O) groups is 3. The number of carbonyl (C=O) groups excluding carboxylic acids is 3. The average molecular weight is 574 g/mol. The lowest BCUT2D eigenvalue weighted by atomic mass is 9.85. The van der Waals surface area contributed by atoms with Crippen molar-refractivity contribution in [3.8, 4) is 0 Å². The van der Waals surface area contributed by atoms with Gasteiger partial charge in [-0.1, -0.05) is 24.3 Å². The monoisotopic (exact) mass is 573 g/mol. The summed E-state index contributed by atoms with van der Waals surface area (Å²) in [6, 6.07) is 13.8. The number of ether oxygens (including phenoxy) is 1. The number of rotatable bonds is 7. The van der Waals surface area contributed by atoms with Crippen LogP contribution in [0.25, 0.3) is 10.9 Å². The van der Waals surface area contributed by atoms with E-state index in [0.29, 0.717) is 32.0 Å². The first-order valence-corrected chi connectivity index (χ1v) is 14.9. The summed E-state index contributed by atoms with van der Waals surface area (Å²) in [5.74, 6) is 0. The Labute approximate surface area is 245 Å². The fourth-order valence-corrected chi connectivity index (χ4v) is 6.99. The van der Waals surface area contributed by atoms with Crippen molar-refractivity contribution in [2.75, 3.05) is 38.5 Å². The Kier molecular flexibility index (Phi) is 8.12. The predicted octanol–water partition coefficient (Wildman–Crippen LogP) is 3.72. The van der Waals surface area contributed by atoms with Crippen molar-refractivity contribution in [1.29, 1.82) is 0 Å². The van der Waals surface area contributed by atoms with E-state index in [0.717, 1.165) is 66.4 Å². The Bertz CT molecular complexity index is 1440. The first-order chi connectivity index (χ1) is 20.5. The van der Waals surface area contributed by atoms with Gasteiger partial charge in [-0.15, -0.1) is 0 Å². The number of likely N-dealkylation sites (tertiary alicyclic amines) is 2. The highest BCUT2D eigenvalue weighted by molar-refractivity contribution is 5.91. The number of H-pyrrole nitrogens is 1. The number of urea groups is 1. The molecule has 2 fully saturated rings. The van der Waals surface area contributed by atoms with Gasteiger partial charge in [-0.2, -0.15) is 5.10 Å². The molecule has 3 aromatic rings. The lowest BCUT2D eigenvalue weighted by Crippen LogP contribution is -2.69. The number of aromatic nitrogens is 2. The summed E-state index contributed by atoms with van der Waals surface area (Å²) >= 11 is 0. The number of piperidine rings is 2. The number of anilines is 1. The van der Waals surface area contributed by atoms with E-state index in [-0.39, 0.29) is 25.1 Å². The molecule has 2 atom stereocenters. The van der Waals surface area contributed by atoms with Gasteiger partial charge >= 0.3 is 12.1 Å². The van der Waals surface area contributed by atoms with Crippen LogP contribution in [0.4, 0.5) is 15.3 Å². The molecule has 11 heteroatoms. The van der Waals surface area contributed by atoms with Crippen LogP contribution in [0.2, 0.25) is 0 Å². The zero-order valence-corrected chi connectivity index (χ0v) is 24.1. The van der Waals surface area contributed by atoms with Crippen LogP contribution in [-0.2, 0) is 22.6 Å². The Balaban J connectivity index is 1.25. The standard InChI is InChI=1S/C31H39N7O4/c1-32-25-9-13-36(14-10-25)31(12-17-39)19-26(37-15-8-23-4-2-3-5-27(23)34-29(37)40)11-16-38(31)30(41)42-21-22-6-7-28-24(18-22)20-33-35-28/h2-7,17-18,20,25-26,32H,8-16,19,21H2,1H3,(H,33,35)(H,34,40)/t26-,31+/m1/s1. The van der Waals surface area contributed by atoms with Crippen LogP contribution in [0, 0.1) is 0 Å².